The van der Waals surface area contributed by atoms with Crippen LogP contribution in [-0.4, -0.2) is 29.9 Å². The van der Waals surface area contributed by atoms with Crippen molar-refractivity contribution in [2.24, 2.45) is 0 Å². The average Bonchev–Trinajstić information content (AvgIpc) is 2.65. The van der Waals surface area contributed by atoms with Crippen LogP contribution in [0.3, 0.4) is 0 Å². The molecule has 0 saturated carbocycles. The summed E-state index contributed by atoms with van der Waals surface area (Å²) in [5, 5.41) is 6.49. The van der Waals surface area contributed by atoms with Crippen LogP contribution in [0.15, 0.2) is 53.0 Å². The van der Waals surface area contributed by atoms with Gasteiger partial charge in [-0.2, -0.15) is 11.8 Å². The Kier molecular flexibility index (Phi) is 8.67. The molecule has 0 aliphatic carbocycles. The third-order valence-corrected chi connectivity index (χ3v) is 5.67. The molecule has 2 amide bonds. The third kappa shape index (κ3) is 6.55. The van der Waals surface area contributed by atoms with Crippen LogP contribution in [0.25, 0.3) is 0 Å². The molecule has 0 aliphatic heterocycles. The molecule has 4 nitrogen and oxygen atoms in total. The maximum Gasteiger partial charge on any atom is 0.253 e. The molecule has 0 fully saturated rings. The lowest BCUT2D eigenvalue weighted by Gasteiger charge is -2.22. The van der Waals surface area contributed by atoms with Crippen molar-refractivity contribution in [3.05, 3.63) is 69.2 Å². The quantitative estimate of drug-likeness (QED) is 0.582. The zero-order chi connectivity index (χ0) is 19.8. The van der Waals surface area contributed by atoms with E-state index in [0.29, 0.717) is 21.5 Å². The summed E-state index contributed by atoms with van der Waals surface area (Å²) in [4.78, 5) is 25.4. The molecule has 27 heavy (non-hydrogen) atoms. The number of nitrogens with one attached hydrogen (secondary N) is 2. The summed E-state index contributed by atoms with van der Waals surface area (Å²) in [5.74, 6) is 0.290. The van der Waals surface area contributed by atoms with Gasteiger partial charge in [0.25, 0.3) is 5.91 Å². The second kappa shape index (κ2) is 10.7. The average molecular weight is 470 g/mol. The summed E-state index contributed by atoms with van der Waals surface area (Å²) in [6.45, 7) is 1.91. The highest BCUT2D eigenvalue weighted by atomic mass is 79.9. The minimum atomic E-state index is -0.605. The van der Waals surface area contributed by atoms with Crippen molar-refractivity contribution in [2.45, 2.75) is 25.4 Å². The monoisotopic (exact) mass is 468 g/mol. The number of carbonyl (C=O) groups is 2. The van der Waals surface area contributed by atoms with Gasteiger partial charge in [0.1, 0.15) is 6.04 Å². The predicted molar refractivity (Wildman–Crippen MR) is 116 cm³/mol. The molecule has 2 aromatic rings. The molecule has 2 aromatic carbocycles. The highest BCUT2D eigenvalue weighted by molar-refractivity contribution is 9.10. The molecule has 0 radical (unpaired) electrons. The number of carbonyl (C=O) groups excluding carboxylic acids is 2. The van der Waals surface area contributed by atoms with Gasteiger partial charge in [-0.25, -0.2) is 0 Å². The zero-order valence-electron chi connectivity index (χ0n) is 15.2. The Balaban J connectivity index is 2.07. The van der Waals surface area contributed by atoms with Gasteiger partial charge in [-0.15, -0.1) is 0 Å². The van der Waals surface area contributed by atoms with Gasteiger partial charge >= 0.3 is 0 Å². The Bertz CT molecular complexity index is 786. The molecule has 2 unspecified atom stereocenters. The molecule has 2 rings (SSSR count). The van der Waals surface area contributed by atoms with Gasteiger partial charge in [-0.05, 0) is 71.1 Å². The number of amides is 2. The lowest BCUT2D eigenvalue weighted by molar-refractivity contribution is -0.123. The number of benzene rings is 2. The summed E-state index contributed by atoms with van der Waals surface area (Å²) >= 11 is 10.9. The molecular formula is C20H22BrClN2O2S. The van der Waals surface area contributed by atoms with Gasteiger partial charge < -0.3 is 10.6 Å². The van der Waals surface area contributed by atoms with E-state index in [9.17, 15) is 9.59 Å². The zero-order valence-corrected chi connectivity index (χ0v) is 18.3. The van der Waals surface area contributed by atoms with Crippen molar-refractivity contribution in [1.82, 2.24) is 10.6 Å². The first-order valence-electron chi connectivity index (χ1n) is 8.52. The molecule has 7 heteroatoms. The first-order chi connectivity index (χ1) is 12.9. The number of hydrogen-bond acceptors (Lipinski definition) is 3. The van der Waals surface area contributed by atoms with E-state index in [1.54, 1.807) is 42.1 Å². The number of hydrogen-bond donors (Lipinski definition) is 2. The highest BCUT2D eigenvalue weighted by Gasteiger charge is 2.23. The molecule has 144 valence electrons. The largest absolute Gasteiger partial charge is 0.348 e. The van der Waals surface area contributed by atoms with Crippen molar-refractivity contribution in [3.63, 3.8) is 0 Å². The van der Waals surface area contributed by atoms with E-state index in [1.165, 1.54) is 0 Å². The Hall–Kier alpha value is -1.50. The van der Waals surface area contributed by atoms with Crippen LogP contribution < -0.4 is 10.6 Å². The highest BCUT2D eigenvalue weighted by Crippen LogP contribution is 2.18. The van der Waals surface area contributed by atoms with Crippen LogP contribution in [0.5, 0.6) is 0 Å². The number of rotatable bonds is 8. The molecule has 0 bridgehead atoms. The number of halogens is 2. The van der Waals surface area contributed by atoms with Crippen LogP contribution >= 0.6 is 39.3 Å². The van der Waals surface area contributed by atoms with E-state index in [4.69, 9.17) is 11.6 Å². The minimum Gasteiger partial charge on any atom is -0.348 e. The van der Waals surface area contributed by atoms with Crippen LogP contribution in [0.4, 0.5) is 0 Å². The fourth-order valence-corrected chi connectivity index (χ4v) is 3.60. The predicted octanol–water partition coefficient (Wildman–Crippen LogP) is 4.83. The fraction of sp³-hybridized carbons (Fsp3) is 0.300. The van der Waals surface area contributed by atoms with Gasteiger partial charge in [0.15, 0.2) is 0 Å². The third-order valence-electron chi connectivity index (χ3n) is 4.08. The Labute approximate surface area is 177 Å². The van der Waals surface area contributed by atoms with Gasteiger partial charge in [-0.1, -0.05) is 35.9 Å². The summed E-state index contributed by atoms with van der Waals surface area (Å²) in [6, 6.07) is 13.7. The molecule has 0 aromatic heterocycles. The SMILES string of the molecule is CSCCC(NC(=O)c1ccccc1Br)C(=O)NC(C)c1ccc(Cl)cc1. The molecule has 2 atom stereocenters. The summed E-state index contributed by atoms with van der Waals surface area (Å²) in [5.41, 5.74) is 1.46. The summed E-state index contributed by atoms with van der Waals surface area (Å²) in [6.07, 6.45) is 2.53. The summed E-state index contributed by atoms with van der Waals surface area (Å²) in [7, 11) is 0. The van der Waals surface area contributed by atoms with E-state index in [1.807, 2.05) is 31.4 Å². The lowest BCUT2D eigenvalue weighted by atomic mass is 10.1. The van der Waals surface area contributed by atoms with Crippen molar-refractivity contribution < 1.29 is 9.59 Å². The van der Waals surface area contributed by atoms with Gasteiger partial charge in [-0.3, -0.25) is 9.59 Å². The second-order valence-electron chi connectivity index (χ2n) is 6.07. The molecule has 0 heterocycles. The molecule has 0 spiro atoms. The van der Waals surface area contributed by atoms with Crippen molar-refractivity contribution >= 4 is 51.1 Å². The first kappa shape index (κ1) is 21.8. The van der Waals surface area contributed by atoms with E-state index in [-0.39, 0.29) is 17.9 Å². The van der Waals surface area contributed by atoms with Crippen molar-refractivity contribution in [3.8, 4) is 0 Å². The summed E-state index contributed by atoms with van der Waals surface area (Å²) < 4.78 is 0.695. The van der Waals surface area contributed by atoms with E-state index < -0.39 is 6.04 Å². The van der Waals surface area contributed by atoms with Crippen LogP contribution in [0.1, 0.15) is 35.3 Å². The smallest absolute Gasteiger partial charge is 0.253 e. The molecule has 2 N–H and O–H groups in total. The maximum atomic E-state index is 12.8. The van der Waals surface area contributed by atoms with Crippen molar-refractivity contribution in [1.29, 1.82) is 0 Å². The lowest BCUT2D eigenvalue weighted by Crippen LogP contribution is -2.47. The second-order valence-corrected chi connectivity index (χ2v) is 8.35. The first-order valence-corrected chi connectivity index (χ1v) is 11.1. The molecular weight excluding hydrogens is 448 g/mol. The normalized spacial score (nSPS) is 12.9. The Morgan fingerprint density at radius 2 is 1.78 bits per heavy atom. The van der Waals surface area contributed by atoms with Gasteiger partial charge in [0.05, 0.1) is 11.6 Å². The minimum absolute atomic E-state index is 0.188. The molecule has 0 aliphatic rings. The van der Waals surface area contributed by atoms with E-state index in [0.717, 1.165) is 11.3 Å². The van der Waals surface area contributed by atoms with Crippen LogP contribution in [0, 0.1) is 0 Å². The van der Waals surface area contributed by atoms with E-state index in [2.05, 4.69) is 26.6 Å². The van der Waals surface area contributed by atoms with Crippen LogP contribution in [0.2, 0.25) is 5.02 Å². The van der Waals surface area contributed by atoms with Crippen LogP contribution in [-0.2, 0) is 4.79 Å². The Morgan fingerprint density at radius 1 is 1.11 bits per heavy atom. The maximum absolute atomic E-state index is 12.8. The number of thioether (sulfide) groups is 1. The van der Waals surface area contributed by atoms with Gasteiger partial charge in [0, 0.05) is 9.50 Å². The fourth-order valence-electron chi connectivity index (χ4n) is 2.53. The Morgan fingerprint density at radius 3 is 2.41 bits per heavy atom. The van der Waals surface area contributed by atoms with E-state index >= 15 is 0 Å². The topological polar surface area (TPSA) is 58.2 Å². The standard InChI is InChI=1S/C20H22BrClN2O2S/c1-13(14-7-9-15(22)10-8-14)23-20(26)18(11-12-27-2)24-19(25)16-5-3-4-6-17(16)21/h3-10,13,18H,11-12H2,1-2H3,(H,23,26)(H,24,25). The van der Waals surface area contributed by atoms with Crippen molar-refractivity contribution in [2.75, 3.05) is 12.0 Å². The van der Waals surface area contributed by atoms with Gasteiger partial charge in [0.2, 0.25) is 5.91 Å². The molecule has 0 saturated heterocycles.